The Morgan fingerprint density at radius 2 is 0.880 bits per heavy atom. The van der Waals surface area contributed by atoms with Crippen molar-refractivity contribution < 1.29 is 17.4 Å². The Morgan fingerprint density at radius 1 is 0.520 bits per heavy atom. The molecule has 0 aliphatic heterocycles. The maximum Gasteiger partial charge on any atom is -0.147 e. The van der Waals surface area contributed by atoms with Gasteiger partial charge in [-0.2, -0.15) is 0 Å². The van der Waals surface area contributed by atoms with E-state index in [0.717, 1.165) is 12.8 Å². The Labute approximate surface area is 311 Å². The van der Waals surface area contributed by atoms with Gasteiger partial charge in [0.15, 0.2) is 0 Å². The standard InChI is InChI=1S/2C22H17.2CH3.2ClH.H2Si.Zr/c2*1-13(2)16-11-15-9-10-18-17-7-3-5-14-6-4-8-19(21(14)17)22(18)20(15)12-16;;;;;;/h2*3-8,10-11,13H,12H2,1-2H3;2*1H3;2*1H;1H2;. The Morgan fingerprint density at radius 3 is 1.24 bits per heavy atom. The van der Waals surface area contributed by atoms with Gasteiger partial charge in [0.25, 0.3) is 0 Å². The van der Waals surface area contributed by atoms with Gasteiger partial charge in [0.2, 0.25) is 0 Å². The van der Waals surface area contributed by atoms with Crippen molar-refractivity contribution in [3.63, 3.8) is 0 Å². The predicted molar refractivity (Wildman–Crippen MR) is 224 cm³/mol. The number of halogens is 2. The second kappa shape index (κ2) is 11.2. The maximum absolute atomic E-state index is 3.98. The van der Waals surface area contributed by atoms with E-state index in [4.69, 9.17) is 0 Å². The van der Waals surface area contributed by atoms with Crippen molar-refractivity contribution in [3.8, 4) is 44.5 Å². The number of rotatable bonds is 4. The van der Waals surface area contributed by atoms with Crippen LogP contribution in [0.5, 0.6) is 0 Å². The smallest absolute Gasteiger partial charge is 0.147 e. The van der Waals surface area contributed by atoms with Gasteiger partial charge in [0, 0.05) is 0 Å². The monoisotopic (exact) mass is 784 g/mol. The van der Waals surface area contributed by atoms with E-state index in [1.807, 2.05) is 0 Å². The molecule has 0 saturated heterocycles. The molecule has 0 fully saturated rings. The molecule has 10 rings (SSSR count). The molecular formula is C46H44Cl2SiZr. The van der Waals surface area contributed by atoms with E-state index in [0.29, 0.717) is 11.8 Å². The van der Waals surface area contributed by atoms with E-state index in [2.05, 4.69) is 141 Å². The molecule has 0 amide bonds. The van der Waals surface area contributed by atoms with Crippen LogP contribution in [0, 0.1) is 11.8 Å². The van der Waals surface area contributed by atoms with Gasteiger partial charge in [-0.15, -0.1) is 24.8 Å². The largest absolute Gasteiger partial charge is 0.147 e. The second-order valence-electron chi connectivity index (χ2n) is 16.7. The Hall–Kier alpha value is -3.00. The van der Waals surface area contributed by atoms with Crippen molar-refractivity contribution in [2.45, 2.75) is 49.8 Å². The van der Waals surface area contributed by atoms with Crippen LogP contribution in [0.1, 0.15) is 49.9 Å². The molecule has 0 aromatic heterocycles. The maximum atomic E-state index is 2.75. The van der Waals surface area contributed by atoms with Gasteiger partial charge in [-0.05, 0) is 0 Å². The van der Waals surface area contributed by atoms with Gasteiger partial charge in [-0.1, -0.05) is 0 Å². The molecule has 4 heteroatoms. The molecule has 4 aliphatic rings. The van der Waals surface area contributed by atoms with E-state index in [-0.39, 0.29) is 24.8 Å². The third-order valence-corrected chi connectivity index (χ3v) is 27.5. The fourth-order valence-electron chi connectivity index (χ4n) is 9.89. The first-order chi connectivity index (χ1) is 23.0. The zero-order valence-electron chi connectivity index (χ0n) is 29.8. The van der Waals surface area contributed by atoms with Crippen LogP contribution < -0.4 is 6.54 Å². The van der Waals surface area contributed by atoms with Gasteiger partial charge in [0.05, 0.1) is 0 Å². The average molecular weight is 787 g/mol. The van der Waals surface area contributed by atoms with Crippen LogP contribution in [-0.4, -0.2) is 6.88 Å². The number of fused-ring (bicyclic) bond motifs is 10. The first-order valence-corrected chi connectivity index (χ1v) is 31.2. The molecule has 250 valence electrons. The molecule has 0 N–H and O–H groups in total. The minimum atomic E-state index is -3.98. The third-order valence-electron chi connectivity index (χ3n) is 12.5. The molecule has 0 bridgehead atoms. The number of benzene rings is 6. The summed E-state index contributed by atoms with van der Waals surface area (Å²) in [6, 6.07) is 33.2. The van der Waals surface area contributed by atoms with Gasteiger partial charge < -0.3 is 0 Å². The average Bonchev–Trinajstić information content (AvgIpc) is 3.84. The van der Waals surface area contributed by atoms with E-state index in [9.17, 15) is 0 Å². The molecule has 6 aromatic carbocycles. The van der Waals surface area contributed by atoms with Gasteiger partial charge >= 0.3 is 289 Å². The molecule has 0 nitrogen and oxygen atoms in total. The molecule has 0 saturated carbocycles. The van der Waals surface area contributed by atoms with Gasteiger partial charge in [-0.3, -0.25) is 0 Å². The summed E-state index contributed by atoms with van der Waals surface area (Å²) in [5.41, 5.74) is 21.1. The topological polar surface area (TPSA) is 0 Å². The van der Waals surface area contributed by atoms with Crippen molar-refractivity contribution in [1.82, 2.24) is 0 Å². The Kier molecular flexibility index (Phi) is 7.67. The van der Waals surface area contributed by atoms with Crippen molar-refractivity contribution in [1.29, 1.82) is 0 Å². The van der Waals surface area contributed by atoms with Crippen LogP contribution in [0.3, 0.4) is 0 Å². The van der Waals surface area contributed by atoms with Crippen molar-refractivity contribution in [3.05, 3.63) is 118 Å². The normalized spacial score (nSPS) is 14.7. The molecule has 6 aromatic rings. The molecule has 0 atom stereocenters. The summed E-state index contributed by atoms with van der Waals surface area (Å²) in [6.45, 7) is 12.0. The third kappa shape index (κ3) is 4.38. The van der Waals surface area contributed by atoms with Crippen molar-refractivity contribution in [2.75, 3.05) is 0 Å². The first-order valence-electron chi connectivity index (χ1n) is 17.9. The summed E-state index contributed by atoms with van der Waals surface area (Å²) in [5.74, 6) is 1.07. The first kappa shape index (κ1) is 34.1. The summed E-state index contributed by atoms with van der Waals surface area (Å²) in [6.07, 6.45) is 7.40. The fraction of sp³-hybridized carbons (Fsp3) is 0.217. The predicted octanol–water partition coefficient (Wildman–Crippen LogP) is 11.6. The SMILES string of the molecule is CC(C)C1=Cc2[c]([Zr]([CH3])([CH3])(=[SiH2])[c]3cc4c(c5c3C=C(C(C)C)C5)-c3cccc5cccc-4c35)cc3c(c2C1)-c1cccc2cccc-3c12.Cl.Cl. The number of allylic oxidation sites excluding steroid dienone is 2. The van der Waals surface area contributed by atoms with Crippen LogP contribution in [-0.2, 0) is 30.2 Å². The summed E-state index contributed by atoms with van der Waals surface area (Å²) in [7, 11) is 0. The number of hydrogen-bond acceptors (Lipinski definition) is 0. The summed E-state index contributed by atoms with van der Waals surface area (Å²) < 4.78 is 8.84. The molecule has 0 heterocycles. The minimum Gasteiger partial charge on any atom is -0.147 e. The molecule has 4 aliphatic carbocycles. The van der Waals surface area contributed by atoms with E-state index in [1.54, 1.807) is 39.9 Å². The van der Waals surface area contributed by atoms with Crippen LogP contribution in [0.4, 0.5) is 0 Å². The Balaban J connectivity index is 0.00000180. The van der Waals surface area contributed by atoms with Crippen LogP contribution in [0.2, 0.25) is 9.26 Å². The zero-order valence-corrected chi connectivity index (χ0v) is 35.3. The van der Waals surface area contributed by atoms with Crippen molar-refractivity contribution in [2.24, 2.45) is 11.8 Å². The van der Waals surface area contributed by atoms with E-state index < -0.39 is 17.4 Å². The fourth-order valence-corrected chi connectivity index (χ4v) is 22.4. The van der Waals surface area contributed by atoms with Crippen molar-refractivity contribution >= 4 is 71.9 Å². The van der Waals surface area contributed by atoms with E-state index in [1.165, 1.54) is 66.1 Å². The molecule has 0 radical (unpaired) electrons. The second-order valence-corrected chi connectivity index (χ2v) is 45.1. The van der Waals surface area contributed by atoms with E-state index >= 15 is 0 Å². The van der Waals surface area contributed by atoms with Crippen LogP contribution >= 0.6 is 24.8 Å². The summed E-state index contributed by atoms with van der Waals surface area (Å²) in [4.78, 5) is 0. The molecular weight excluding hydrogens is 743 g/mol. The van der Waals surface area contributed by atoms with Crippen LogP contribution in [0.15, 0.2) is 96.1 Å². The number of hydrogen-bond donors (Lipinski definition) is 0. The minimum absolute atomic E-state index is 0. The van der Waals surface area contributed by atoms with Crippen LogP contribution in [0.25, 0.3) is 78.2 Å². The molecule has 50 heavy (non-hydrogen) atoms. The Bertz CT molecular complexity index is 2460. The zero-order chi connectivity index (χ0) is 32.9. The quantitative estimate of drug-likeness (QED) is 0.156. The summed E-state index contributed by atoms with van der Waals surface area (Å²) in [5, 5.41) is 5.61. The molecule has 0 unspecified atom stereocenters. The molecule has 0 spiro atoms. The van der Waals surface area contributed by atoms with Gasteiger partial charge in [-0.25, -0.2) is 0 Å². The van der Waals surface area contributed by atoms with Gasteiger partial charge in [0.1, 0.15) is 0 Å². The summed E-state index contributed by atoms with van der Waals surface area (Å²) >= 11 is -3.98.